The first-order chi connectivity index (χ1) is 17.2. The first-order valence-corrected chi connectivity index (χ1v) is 12.2. The van der Waals surface area contributed by atoms with Gasteiger partial charge < -0.3 is 25.6 Å². The highest BCUT2D eigenvalue weighted by Crippen LogP contribution is 2.28. The summed E-state index contributed by atoms with van der Waals surface area (Å²) in [5.41, 5.74) is 2.78. The molecule has 0 aliphatic heterocycles. The van der Waals surface area contributed by atoms with E-state index in [4.69, 9.17) is 4.74 Å². The van der Waals surface area contributed by atoms with Crippen LogP contribution in [0.5, 0.6) is 11.5 Å². The third kappa shape index (κ3) is 7.82. The molecule has 0 atom stereocenters. The number of hydrogen-bond donors (Lipinski definition) is 4. The maximum Gasteiger partial charge on any atom is 0.336 e. The van der Waals surface area contributed by atoms with E-state index in [9.17, 15) is 19.8 Å². The van der Waals surface area contributed by atoms with E-state index in [0.717, 1.165) is 11.4 Å². The van der Waals surface area contributed by atoms with Gasteiger partial charge in [-0.15, -0.1) is 0 Å². The topological polar surface area (TPSA) is 108 Å². The highest BCUT2D eigenvalue weighted by atomic mass is 16.5. The van der Waals surface area contributed by atoms with Crippen molar-refractivity contribution in [2.24, 2.45) is 0 Å². The maximum atomic E-state index is 11.9. The van der Waals surface area contributed by atoms with Gasteiger partial charge >= 0.3 is 11.9 Å². The normalized spacial score (nSPS) is 11.7. The highest BCUT2D eigenvalue weighted by molar-refractivity contribution is 5.94. The lowest BCUT2D eigenvalue weighted by Crippen LogP contribution is -2.35. The second-order valence-corrected chi connectivity index (χ2v) is 11.1. The molecule has 0 saturated heterocycles. The van der Waals surface area contributed by atoms with Crippen LogP contribution in [0.1, 0.15) is 78.9 Å². The smallest absolute Gasteiger partial charge is 0.336 e. The fourth-order valence-corrected chi connectivity index (χ4v) is 3.74. The minimum absolute atomic E-state index is 0.0707. The number of aromatic carboxylic acids is 2. The molecule has 196 valence electrons. The van der Waals surface area contributed by atoms with Crippen LogP contribution in [0.4, 0.5) is 5.69 Å². The second-order valence-electron chi connectivity index (χ2n) is 11.1. The molecule has 0 aromatic heterocycles. The van der Waals surface area contributed by atoms with E-state index in [2.05, 4.69) is 43.5 Å². The fraction of sp³-hybridized carbons (Fsp3) is 0.333. The van der Waals surface area contributed by atoms with Crippen molar-refractivity contribution in [1.82, 2.24) is 5.32 Å². The van der Waals surface area contributed by atoms with Crippen molar-refractivity contribution in [2.75, 3.05) is 5.32 Å². The van der Waals surface area contributed by atoms with Crippen LogP contribution in [-0.4, -0.2) is 27.7 Å². The van der Waals surface area contributed by atoms with Crippen LogP contribution >= 0.6 is 0 Å². The predicted molar refractivity (Wildman–Crippen MR) is 146 cm³/mol. The number of rotatable bonds is 9. The molecule has 3 rings (SSSR count). The van der Waals surface area contributed by atoms with Crippen LogP contribution in [0.25, 0.3) is 0 Å². The molecular formula is C30H36N2O5. The average molecular weight is 505 g/mol. The van der Waals surface area contributed by atoms with Gasteiger partial charge in [0, 0.05) is 24.3 Å². The molecule has 3 aromatic carbocycles. The Morgan fingerprint density at radius 1 is 0.730 bits per heavy atom. The van der Waals surface area contributed by atoms with Crippen LogP contribution in [-0.2, 0) is 18.5 Å². The molecule has 0 aliphatic carbocycles. The zero-order valence-electron chi connectivity index (χ0n) is 22.3. The number of hydrogen-bond acceptors (Lipinski definition) is 5. The van der Waals surface area contributed by atoms with Gasteiger partial charge in [0.25, 0.3) is 0 Å². The van der Waals surface area contributed by atoms with Gasteiger partial charge in [-0.1, -0.05) is 32.9 Å². The van der Waals surface area contributed by atoms with Crippen LogP contribution in [0.3, 0.4) is 0 Å². The van der Waals surface area contributed by atoms with Gasteiger partial charge in [0.05, 0.1) is 11.1 Å². The monoisotopic (exact) mass is 504 g/mol. The van der Waals surface area contributed by atoms with Gasteiger partial charge in [-0.05, 0) is 91.4 Å². The summed E-state index contributed by atoms with van der Waals surface area (Å²) >= 11 is 0. The SMILES string of the molecule is CC(C)(C)NCc1cc(C(=O)O)c(CNc2ccc(Oc3ccc(C(C)(C)C)cc3)cc2)cc1C(=O)O. The second kappa shape index (κ2) is 11.0. The molecule has 0 heterocycles. The number of anilines is 1. The molecule has 4 N–H and O–H groups in total. The number of carbonyl (C=O) groups is 2. The summed E-state index contributed by atoms with van der Waals surface area (Å²) in [7, 11) is 0. The summed E-state index contributed by atoms with van der Waals surface area (Å²) in [5.74, 6) is -0.792. The van der Waals surface area contributed by atoms with Gasteiger partial charge in [-0.25, -0.2) is 9.59 Å². The Labute approximate surface area is 218 Å². The van der Waals surface area contributed by atoms with Crippen molar-refractivity contribution in [3.63, 3.8) is 0 Å². The lowest BCUT2D eigenvalue weighted by Gasteiger charge is -2.22. The molecule has 7 nitrogen and oxygen atoms in total. The van der Waals surface area contributed by atoms with Crippen LogP contribution < -0.4 is 15.4 Å². The van der Waals surface area contributed by atoms with Gasteiger partial charge in [-0.3, -0.25) is 0 Å². The number of benzene rings is 3. The van der Waals surface area contributed by atoms with Gasteiger partial charge in [0.15, 0.2) is 0 Å². The van der Waals surface area contributed by atoms with E-state index >= 15 is 0 Å². The molecule has 0 bridgehead atoms. The van der Waals surface area contributed by atoms with E-state index in [1.54, 1.807) is 0 Å². The molecule has 37 heavy (non-hydrogen) atoms. The molecule has 3 aromatic rings. The zero-order valence-corrected chi connectivity index (χ0v) is 22.3. The predicted octanol–water partition coefficient (Wildman–Crippen LogP) is 6.67. The van der Waals surface area contributed by atoms with E-state index in [-0.39, 0.29) is 35.2 Å². The molecule has 0 fully saturated rings. The maximum absolute atomic E-state index is 11.9. The van der Waals surface area contributed by atoms with E-state index < -0.39 is 11.9 Å². The molecule has 0 saturated carbocycles. The van der Waals surface area contributed by atoms with E-state index in [1.165, 1.54) is 17.7 Å². The summed E-state index contributed by atoms with van der Waals surface area (Å²) in [4.78, 5) is 23.8. The van der Waals surface area contributed by atoms with Crippen molar-refractivity contribution in [3.8, 4) is 11.5 Å². The molecule has 0 spiro atoms. The Hall–Kier alpha value is -3.84. The first-order valence-electron chi connectivity index (χ1n) is 12.2. The summed E-state index contributed by atoms with van der Waals surface area (Å²) in [6.45, 7) is 12.8. The lowest BCUT2D eigenvalue weighted by molar-refractivity contribution is 0.0679. The Balaban J connectivity index is 1.73. The third-order valence-electron chi connectivity index (χ3n) is 5.89. The Morgan fingerprint density at radius 3 is 1.62 bits per heavy atom. The minimum atomic E-state index is -1.10. The Morgan fingerprint density at radius 2 is 1.19 bits per heavy atom. The van der Waals surface area contributed by atoms with Crippen LogP contribution in [0.2, 0.25) is 0 Å². The van der Waals surface area contributed by atoms with Gasteiger partial charge in [0.2, 0.25) is 0 Å². The summed E-state index contributed by atoms with van der Waals surface area (Å²) in [5, 5.41) is 25.9. The first kappa shape index (κ1) is 27.7. The van der Waals surface area contributed by atoms with E-state index in [0.29, 0.717) is 16.9 Å². The minimum Gasteiger partial charge on any atom is -0.478 e. The van der Waals surface area contributed by atoms with Crippen molar-refractivity contribution in [1.29, 1.82) is 0 Å². The molecule has 7 heteroatoms. The number of ether oxygens (including phenoxy) is 1. The third-order valence-corrected chi connectivity index (χ3v) is 5.89. The zero-order chi connectivity index (χ0) is 27.4. The summed E-state index contributed by atoms with van der Waals surface area (Å²) in [6.07, 6.45) is 0. The number of nitrogens with one attached hydrogen (secondary N) is 2. The Kier molecular flexibility index (Phi) is 8.28. The highest BCUT2D eigenvalue weighted by Gasteiger charge is 2.20. The van der Waals surface area contributed by atoms with Gasteiger partial charge in [0.1, 0.15) is 11.5 Å². The van der Waals surface area contributed by atoms with Crippen molar-refractivity contribution < 1.29 is 24.5 Å². The molecule has 0 aliphatic rings. The fourth-order valence-electron chi connectivity index (χ4n) is 3.74. The molecular weight excluding hydrogens is 468 g/mol. The van der Waals surface area contributed by atoms with Gasteiger partial charge in [-0.2, -0.15) is 0 Å². The quantitative estimate of drug-likeness (QED) is 0.258. The summed E-state index contributed by atoms with van der Waals surface area (Å²) < 4.78 is 5.94. The van der Waals surface area contributed by atoms with Crippen molar-refractivity contribution in [2.45, 2.75) is 65.6 Å². The molecule has 0 radical (unpaired) electrons. The van der Waals surface area contributed by atoms with Crippen molar-refractivity contribution >= 4 is 17.6 Å². The molecule has 0 amide bonds. The average Bonchev–Trinajstić information content (AvgIpc) is 2.81. The Bertz CT molecular complexity index is 1250. The van der Waals surface area contributed by atoms with Crippen LogP contribution in [0.15, 0.2) is 60.7 Å². The summed E-state index contributed by atoms with van der Waals surface area (Å²) in [6, 6.07) is 18.2. The van der Waals surface area contributed by atoms with Crippen LogP contribution in [0, 0.1) is 0 Å². The number of carboxylic acid groups (broad SMARTS) is 2. The standard InChI is InChI=1S/C30H36N2O5/c1-29(2,3)21-7-11-23(12-8-21)37-24-13-9-22(10-14-24)31-17-19-15-26(28(35)36)20(16-25(19)27(33)34)18-32-30(4,5)6/h7-16,31-32H,17-18H2,1-6H3,(H,33,34)(H,35,36). The molecule has 0 unspecified atom stereocenters. The largest absolute Gasteiger partial charge is 0.478 e. The number of carboxylic acids is 2. The van der Waals surface area contributed by atoms with Crippen molar-refractivity contribution in [3.05, 3.63) is 88.5 Å². The van der Waals surface area contributed by atoms with E-state index in [1.807, 2.05) is 57.2 Å². The lowest BCUT2D eigenvalue weighted by atomic mass is 9.87.